The standard InChI is InChI=1S/C14H17NO9/c1-7(16)22-6-10-11(17)12(18)13(19)14(24-10)23-9-4-2-8(3-5-9)15(20)21/h2-5,10-14,17-19H,6H2,1H3/t10-,11-,12+,13+,14+/m1/s1. The normalized spacial score (nSPS) is 29.8. The molecule has 10 nitrogen and oxygen atoms in total. The van der Waals surface area contributed by atoms with Crippen LogP contribution in [0.15, 0.2) is 24.3 Å². The van der Waals surface area contributed by atoms with Gasteiger partial charge in [-0.25, -0.2) is 0 Å². The van der Waals surface area contributed by atoms with Crippen LogP contribution in [0.2, 0.25) is 0 Å². The number of aliphatic hydroxyl groups excluding tert-OH is 3. The van der Waals surface area contributed by atoms with Crippen LogP contribution in [-0.2, 0) is 14.3 Å². The molecule has 1 aromatic rings. The average molecular weight is 343 g/mol. The topological polar surface area (TPSA) is 149 Å². The molecule has 0 amide bonds. The molecule has 0 spiro atoms. The van der Waals surface area contributed by atoms with E-state index >= 15 is 0 Å². The Hall–Kier alpha value is -2.27. The van der Waals surface area contributed by atoms with Crippen molar-refractivity contribution in [3.05, 3.63) is 34.4 Å². The Bertz CT molecular complexity index is 590. The first kappa shape index (κ1) is 18.1. The highest BCUT2D eigenvalue weighted by molar-refractivity contribution is 5.65. The van der Waals surface area contributed by atoms with E-state index in [9.17, 15) is 30.2 Å². The van der Waals surface area contributed by atoms with Crippen LogP contribution in [0.25, 0.3) is 0 Å². The van der Waals surface area contributed by atoms with Crippen molar-refractivity contribution in [3.8, 4) is 5.75 Å². The molecule has 0 radical (unpaired) electrons. The van der Waals surface area contributed by atoms with Gasteiger partial charge in [0.05, 0.1) is 4.92 Å². The smallest absolute Gasteiger partial charge is 0.302 e. The number of carbonyl (C=O) groups excluding carboxylic acids is 1. The Morgan fingerprint density at radius 2 is 1.83 bits per heavy atom. The summed E-state index contributed by atoms with van der Waals surface area (Å²) in [6.07, 6.45) is -7.08. The molecule has 0 unspecified atom stereocenters. The molecule has 0 aliphatic carbocycles. The lowest BCUT2D eigenvalue weighted by Gasteiger charge is -2.39. The molecule has 1 fully saturated rings. The van der Waals surface area contributed by atoms with Gasteiger partial charge in [-0.3, -0.25) is 14.9 Å². The Morgan fingerprint density at radius 1 is 1.21 bits per heavy atom. The van der Waals surface area contributed by atoms with E-state index in [2.05, 4.69) is 0 Å². The van der Waals surface area contributed by atoms with Crippen LogP contribution in [0.1, 0.15) is 6.92 Å². The van der Waals surface area contributed by atoms with Gasteiger partial charge >= 0.3 is 5.97 Å². The summed E-state index contributed by atoms with van der Waals surface area (Å²) >= 11 is 0. The zero-order chi connectivity index (χ0) is 17.9. The van der Waals surface area contributed by atoms with Gasteiger partial charge in [0.25, 0.3) is 5.69 Å². The molecular formula is C14H17NO9. The van der Waals surface area contributed by atoms with E-state index in [0.717, 1.165) is 0 Å². The van der Waals surface area contributed by atoms with E-state index < -0.39 is 41.6 Å². The van der Waals surface area contributed by atoms with Gasteiger partial charge in [-0.1, -0.05) is 0 Å². The lowest BCUT2D eigenvalue weighted by Crippen LogP contribution is -2.60. The molecule has 1 aliphatic heterocycles. The second kappa shape index (κ2) is 7.53. The van der Waals surface area contributed by atoms with Gasteiger partial charge in [-0.05, 0) is 12.1 Å². The summed E-state index contributed by atoms with van der Waals surface area (Å²) in [6, 6.07) is 5.00. The number of aliphatic hydroxyl groups is 3. The molecule has 2 rings (SSSR count). The van der Waals surface area contributed by atoms with Crippen LogP contribution in [-0.4, -0.2) is 63.5 Å². The zero-order valence-electron chi connectivity index (χ0n) is 12.6. The number of carbonyl (C=O) groups is 1. The van der Waals surface area contributed by atoms with E-state index in [1.807, 2.05) is 0 Å². The summed E-state index contributed by atoms with van der Waals surface area (Å²) in [5.41, 5.74) is -0.143. The van der Waals surface area contributed by atoms with Crippen LogP contribution >= 0.6 is 0 Å². The molecule has 1 aromatic carbocycles. The van der Waals surface area contributed by atoms with Crippen molar-refractivity contribution in [2.45, 2.75) is 37.6 Å². The van der Waals surface area contributed by atoms with Crippen LogP contribution in [0.3, 0.4) is 0 Å². The van der Waals surface area contributed by atoms with E-state index in [-0.39, 0.29) is 18.0 Å². The molecular weight excluding hydrogens is 326 g/mol. The van der Waals surface area contributed by atoms with Crippen LogP contribution in [0.4, 0.5) is 5.69 Å². The first-order valence-electron chi connectivity index (χ1n) is 7.03. The number of hydrogen-bond donors (Lipinski definition) is 3. The molecule has 5 atom stereocenters. The maximum Gasteiger partial charge on any atom is 0.302 e. The summed E-state index contributed by atoms with van der Waals surface area (Å²) in [7, 11) is 0. The minimum absolute atomic E-state index is 0.143. The number of esters is 1. The van der Waals surface area contributed by atoms with Crippen molar-refractivity contribution in [2.75, 3.05) is 6.61 Å². The number of benzene rings is 1. The highest BCUT2D eigenvalue weighted by atomic mass is 16.7. The molecule has 3 N–H and O–H groups in total. The van der Waals surface area contributed by atoms with Crippen molar-refractivity contribution in [3.63, 3.8) is 0 Å². The SMILES string of the molecule is CC(=O)OC[C@H]1O[C@H](Oc2ccc([N+](=O)[O-])cc2)[C@@H](O)[C@@H](O)[C@@H]1O. The zero-order valence-corrected chi connectivity index (χ0v) is 12.6. The molecule has 1 aliphatic rings. The van der Waals surface area contributed by atoms with E-state index in [4.69, 9.17) is 14.2 Å². The van der Waals surface area contributed by atoms with Crippen molar-refractivity contribution < 1.29 is 39.2 Å². The van der Waals surface area contributed by atoms with Gasteiger partial charge in [0.1, 0.15) is 36.8 Å². The molecule has 10 heteroatoms. The summed E-state index contributed by atoms with van der Waals surface area (Å²) < 4.78 is 15.4. The molecule has 0 saturated carbocycles. The fourth-order valence-electron chi connectivity index (χ4n) is 2.13. The summed E-state index contributed by atoms with van der Waals surface area (Å²) in [5, 5.41) is 40.2. The van der Waals surface area contributed by atoms with Gasteiger partial charge < -0.3 is 29.5 Å². The second-order valence-electron chi connectivity index (χ2n) is 5.19. The number of ether oxygens (including phenoxy) is 3. The molecule has 132 valence electrons. The van der Waals surface area contributed by atoms with Crippen molar-refractivity contribution >= 4 is 11.7 Å². The number of nitro benzene ring substituents is 1. The lowest BCUT2D eigenvalue weighted by molar-refractivity contribution is -0.384. The van der Waals surface area contributed by atoms with E-state index in [1.165, 1.54) is 31.2 Å². The molecule has 24 heavy (non-hydrogen) atoms. The van der Waals surface area contributed by atoms with Gasteiger partial charge in [0.2, 0.25) is 6.29 Å². The maximum absolute atomic E-state index is 10.8. The third-order valence-corrected chi connectivity index (χ3v) is 3.42. The number of nitro groups is 1. The fraction of sp³-hybridized carbons (Fsp3) is 0.500. The third kappa shape index (κ3) is 4.17. The predicted octanol–water partition coefficient (Wildman–Crippen LogP) is -0.656. The van der Waals surface area contributed by atoms with Gasteiger partial charge in [-0.2, -0.15) is 0 Å². The number of non-ortho nitro benzene ring substituents is 1. The van der Waals surface area contributed by atoms with Gasteiger partial charge in [0.15, 0.2) is 0 Å². The Labute approximate surface area is 136 Å². The molecule has 0 bridgehead atoms. The first-order valence-corrected chi connectivity index (χ1v) is 7.03. The predicted molar refractivity (Wildman–Crippen MR) is 77.0 cm³/mol. The highest BCUT2D eigenvalue weighted by Gasteiger charge is 2.45. The minimum Gasteiger partial charge on any atom is -0.463 e. The second-order valence-corrected chi connectivity index (χ2v) is 5.19. The Kier molecular flexibility index (Phi) is 5.67. The monoisotopic (exact) mass is 343 g/mol. The molecule has 0 aromatic heterocycles. The quantitative estimate of drug-likeness (QED) is 0.360. The largest absolute Gasteiger partial charge is 0.463 e. The molecule has 1 saturated heterocycles. The maximum atomic E-state index is 10.8. The third-order valence-electron chi connectivity index (χ3n) is 3.42. The summed E-state index contributed by atoms with van der Waals surface area (Å²) in [5.74, 6) is -0.446. The fourth-order valence-corrected chi connectivity index (χ4v) is 2.13. The van der Waals surface area contributed by atoms with Crippen LogP contribution < -0.4 is 4.74 Å². The van der Waals surface area contributed by atoms with Crippen molar-refractivity contribution in [1.82, 2.24) is 0 Å². The van der Waals surface area contributed by atoms with Crippen LogP contribution in [0, 0.1) is 10.1 Å². The number of nitrogens with zero attached hydrogens (tertiary/aromatic N) is 1. The van der Waals surface area contributed by atoms with E-state index in [1.54, 1.807) is 0 Å². The average Bonchev–Trinajstić information content (AvgIpc) is 2.54. The number of rotatable bonds is 5. The van der Waals surface area contributed by atoms with E-state index in [0.29, 0.717) is 0 Å². The van der Waals surface area contributed by atoms with Gasteiger partial charge in [-0.15, -0.1) is 0 Å². The summed E-state index contributed by atoms with van der Waals surface area (Å²) in [6.45, 7) is 0.839. The first-order chi connectivity index (χ1) is 11.3. The number of hydrogen-bond acceptors (Lipinski definition) is 9. The Morgan fingerprint density at radius 3 is 2.38 bits per heavy atom. The minimum atomic E-state index is -1.58. The lowest BCUT2D eigenvalue weighted by atomic mass is 9.99. The van der Waals surface area contributed by atoms with Crippen molar-refractivity contribution in [1.29, 1.82) is 0 Å². The summed E-state index contributed by atoms with van der Waals surface area (Å²) in [4.78, 5) is 20.9. The van der Waals surface area contributed by atoms with Crippen LogP contribution in [0.5, 0.6) is 5.75 Å². The van der Waals surface area contributed by atoms with Gasteiger partial charge in [0, 0.05) is 19.1 Å². The molecule has 1 heterocycles. The Balaban J connectivity index is 2.06. The highest BCUT2D eigenvalue weighted by Crippen LogP contribution is 2.25. The van der Waals surface area contributed by atoms with Crippen molar-refractivity contribution in [2.24, 2.45) is 0 Å².